The Balaban J connectivity index is 2.82. The second kappa shape index (κ2) is 12.6. The maximum atomic E-state index is 13.1. The van der Waals surface area contributed by atoms with E-state index in [9.17, 15) is 9.59 Å². The summed E-state index contributed by atoms with van der Waals surface area (Å²) in [5, 5.41) is 0. The first-order valence-electron chi connectivity index (χ1n) is 10.6. The van der Waals surface area contributed by atoms with Gasteiger partial charge < -0.3 is 14.4 Å². The standard InChI is InChI=1S/C22H39N3O2/c1-6-9-11-14-21(26)25(19(4)8-3)18-22(27)24(16-10-7-2)17-20-13-12-15-23(20)5/h12-13,15,19H,6-11,14,16-18H2,1-5H3/t19-/m0/s1. The number of hydrogen-bond acceptors (Lipinski definition) is 2. The van der Waals surface area contributed by atoms with Crippen LogP contribution in [0.5, 0.6) is 0 Å². The van der Waals surface area contributed by atoms with E-state index in [0.717, 1.165) is 50.8 Å². The normalized spacial score (nSPS) is 12.0. The number of carbonyl (C=O) groups is 2. The van der Waals surface area contributed by atoms with Crippen molar-refractivity contribution < 1.29 is 9.59 Å². The van der Waals surface area contributed by atoms with Gasteiger partial charge in [0.25, 0.3) is 0 Å². The van der Waals surface area contributed by atoms with Gasteiger partial charge in [0.15, 0.2) is 0 Å². The molecule has 1 aromatic rings. The molecule has 0 unspecified atom stereocenters. The summed E-state index contributed by atoms with van der Waals surface area (Å²) in [6.45, 7) is 9.90. The van der Waals surface area contributed by atoms with E-state index in [0.29, 0.717) is 13.0 Å². The van der Waals surface area contributed by atoms with Crippen molar-refractivity contribution in [3.63, 3.8) is 0 Å². The van der Waals surface area contributed by atoms with Crippen molar-refractivity contribution in [2.75, 3.05) is 13.1 Å². The van der Waals surface area contributed by atoms with Crippen molar-refractivity contribution in [3.8, 4) is 0 Å². The molecule has 0 aromatic carbocycles. The minimum atomic E-state index is 0.0498. The highest BCUT2D eigenvalue weighted by atomic mass is 16.2. The molecule has 1 heterocycles. The Morgan fingerprint density at radius 2 is 1.78 bits per heavy atom. The Bertz CT molecular complexity index is 568. The van der Waals surface area contributed by atoms with Gasteiger partial charge >= 0.3 is 0 Å². The first-order valence-corrected chi connectivity index (χ1v) is 10.6. The molecule has 27 heavy (non-hydrogen) atoms. The van der Waals surface area contributed by atoms with Gasteiger partial charge in [0, 0.05) is 37.9 Å². The summed E-state index contributed by atoms with van der Waals surface area (Å²) in [4.78, 5) is 29.5. The molecule has 5 heteroatoms. The fourth-order valence-electron chi connectivity index (χ4n) is 3.12. The molecule has 1 rings (SSSR count). The van der Waals surface area contributed by atoms with Crippen LogP contribution < -0.4 is 0 Å². The molecule has 154 valence electrons. The highest BCUT2D eigenvalue weighted by Gasteiger charge is 2.24. The molecule has 0 spiro atoms. The van der Waals surface area contributed by atoms with Crippen molar-refractivity contribution in [2.24, 2.45) is 7.05 Å². The average Bonchev–Trinajstić information content (AvgIpc) is 3.06. The van der Waals surface area contributed by atoms with E-state index in [-0.39, 0.29) is 24.4 Å². The summed E-state index contributed by atoms with van der Waals surface area (Å²) in [6, 6.07) is 4.14. The molecule has 1 aromatic heterocycles. The largest absolute Gasteiger partial charge is 0.353 e. The molecule has 5 nitrogen and oxygen atoms in total. The zero-order valence-electron chi connectivity index (χ0n) is 18.0. The first-order chi connectivity index (χ1) is 12.9. The Kier molecular flexibility index (Phi) is 10.8. The lowest BCUT2D eigenvalue weighted by atomic mass is 10.1. The summed E-state index contributed by atoms with van der Waals surface area (Å²) in [5.41, 5.74) is 1.11. The predicted octanol–water partition coefficient (Wildman–Crippen LogP) is 4.36. The SMILES string of the molecule is CCCCCC(=O)N(CC(=O)N(CCCC)Cc1cccn1C)[C@@H](C)CC. The van der Waals surface area contributed by atoms with Crippen molar-refractivity contribution in [2.45, 2.75) is 85.2 Å². The summed E-state index contributed by atoms with van der Waals surface area (Å²) >= 11 is 0. The van der Waals surface area contributed by atoms with E-state index in [1.165, 1.54) is 0 Å². The minimum absolute atomic E-state index is 0.0498. The highest BCUT2D eigenvalue weighted by Crippen LogP contribution is 2.12. The van der Waals surface area contributed by atoms with Crippen LogP contribution in [0.2, 0.25) is 0 Å². The molecule has 0 bridgehead atoms. The van der Waals surface area contributed by atoms with E-state index < -0.39 is 0 Å². The fraction of sp³-hybridized carbons (Fsp3) is 0.727. The van der Waals surface area contributed by atoms with Crippen molar-refractivity contribution >= 4 is 11.8 Å². The highest BCUT2D eigenvalue weighted by molar-refractivity contribution is 5.85. The Morgan fingerprint density at radius 1 is 1.07 bits per heavy atom. The lowest BCUT2D eigenvalue weighted by Gasteiger charge is -2.31. The number of amides is 2. The molecule has 0 saturated heterocycles. The zero-order valence-corrected chi connectivity index (χ0v) is 18.0. The fourth-order valence-corrected chi connectivity index (χ4v) is 3.12. The maximum absolute atomic E-state index is 13.1. The third-order valence-corrected chi connectivity index (χ3v) is 5.28. The predicted molar refractivity (Wildman–Crippen MR) is 111 cm³/mol. The lowest BCUT2D eigenvalue weighted by Crippen LogP contribution is -2.46. The number of hydrogen-bond donors (Lipinski definition) is 0. The Hall–Kier alpha value is -1.78. The van der Waals surface area contributed by atoms with Gasteiger partial charge in [-0.1, -0.05) is 40.0 Å². The van der Waals surface area contributed by atoms with Crippen molar-refractivity contribution in [1.82, 2.24) is 14.4 Å². The first kappa shape index (κ1) is 23.3. The van der Waals surface area contributed by atoms with E-state index in [1.54, 1.807) is 4.90 Å². The molecule has 0 aliphatic carbocycles. The van der Waals surface area contributed by atoms with Crippen LogP contribution in [0, 0.1) is 0 Å². The van der Waals surface area contributed by atoms with Crippen LogP contribution in [0.3, 0.4) is 0 Å². The molecule has 1 atom stereocenters. The number of aromatic nitrogens is 1. The van der Waals surface area contributed by atoms with Gasteiger partial charge in [-0.05, 0) is 38.3 Å². The quantitative estimate of drug-likeness (QED) is 0.479. The van der Waals surface area contributed by atoms with Gasteiger partial charge in [0.05, 0.1) is 13.1 Å². The van der Waals surface area contributed by atoms with Gasteiger partial charge in [-0.25, -0.2) is 0 Å². The smallest absolute Gasteiger partial charge is 0.242 e. The maximum Gasteiger partial charge on any atom is 0.242 e. The van der Waals surface area contributed by atoms with Crippen LogP contribution in [0.1, 0.15) is 78.3 Å². The van der Waals surface area contributed by atoms with Crippen LogP contribution in [0.4, 0.5) is 0 Å². The number of carbonyl (C=O) groups excluding carboxylic acids is 2. The Morgan fingerprint density at radius 3 is 2.33 bits per heavy atom. The molecule has 0 N–H and O–H groups in total. The van der Waals surface area contributed by atoms with Gasteiger partial charge in [0.2, 0.25) is 11.8 Å². The summed E-state index contributed by atoms with van der Waals surface area (Å²) in [5.74, 6) is 0.161. The van der Waals surface area contributed by atoms with E-state index in [2.05, 4.69) is 31.4 Å². The van der Waals surface area contributed by atoms with Crippen LogP contribution in [-0.4, -0.2) is 45.3 Å². The second-order valence-electron chi connectivity index (χ2n) is 7.52. The number of rotatable bonds is 13. The summed E-state index contributed by atoms with van der Waals surface area (Å²) < 4.78 is 2.05. The van der Waals surface area contributed by atoms with Crippen LogP contribution in [-0.2, 0) is 23.2 Å². The number of aryl methyl sites for hydroxylation is 1. The van der Waals surface area contributed by atoms with Crippen molar-refractivity contribution in [3.05, 3.63) is 24.0 Å². The van der Waals surface area contributed by atoms with E-state index >= 15 is 0 Å². The summed E-state index contributed by atoms with van der Waals surface area (Å²) in [6.07, 6.45) is 8.48. The number of unbranched alkanes of at least 4 members (excludes halogenated alkanes) is 3. The lowest BCUT2D eigenvalue weighted by molar-refractivity contribution is -0.142. The zero-order chi connectivity index (χ0) is 20.2. The third kappa shape index (κ3) is 7.77. The van der Waals surface area contributed by atoms with Gasteiger partial charge in [0.1, 0.15) is 0 Å². The molecular formula is C22H39N3O2. The minimum Gasteiger partial charge on any atom is -0.353 e. The average molecular weight is 378 g/mol. The third-order valence-electron chi connectivity index (χ3n) is 5.28. The second-order valence-corrected chi connectivity index (χ2v) is 7.52. The topological polar surface area (TPSA) is 45.6 Å². The van der Waals surface area contributed by atoms with Gasteiger partial charge in [-0.3, -0.25) is 9.59 Å². The van der Waals surface area contributed by atoms with Gasteiger partial charge in [-0.2, -0.15) is 0 Å². The van der Waals surface area contributed by atoms with Crippen LogP contribution in [0.15, 0.2) is 18.3 Å². The molecular weight excluding hydrogens is 338 g/mol. The van der Waals surface area contributed by atoms with Crippen LogP contribution in [0.25, 0.3) is 0 Å². The Labute approximate surface area is 165 Å². The van der Waals surface area contributed by atoms with E-state index in [1.807, 2.05) is 31.1 Å². The number of nitrogens with zero attached hydrogens (tertiary/aromatic N) is 3. The van der Waals surface area contributed by atoms with E-state index in [4.69, 9.17) is 0 Å². The molecule has 0 radical (unpaired) electrons. The van der Waals surface area contributed by atoms with Crippen LogP contribution >= 0.6 is 0 Å². The molecule has 2 amide bonds. The molecule has 0 fully saturated rings. The molecule has 0 saturated carbocycles. The monoisotopic (exact) mass is 377 g/mol. The van der Waals surface area contributed by atoms with Gasteiger partial charge in [-0.15, -0.1) is 0 Å². The molecule has 0 aliphatic rings. The van der Waals surface area contributed by atoms with Crippen molar-refractivity contribution in [1.29, 1.82) is 0 Å². The summed E-state index contributed by atoms with van der Waals surface area (Å²) in [7, 11) is 2.00. The molecule has 0 aliphatic heterocycles.